The van der Waals surface area contributed by atoms with Gasteiger partial charge in [-0.05, 0) is 38.5 Å². The van der Waals surface area contributed by atoms with E-state index >= 15 is 0 Å². The van der Waals surface area contributed by atoms with Crippen LogP contribution in [0.2, 0.25) is 0 Å². The summed E-state index contributed by atoms with van der Waals surface area (Å²) in [4.78, 5) is 35.0. The summed E-state index contributed by atoms with van der Waals surface area (Å²) in [6.45, 7) is 5.43. The molecule has 0 aliphatic rings. The number of carbonyl (C=O) groups excluding carboxylic acids is 3. The SMILES string of the molecule is CC(C)(C)NC(=O)CNC(=O)CC(NC(N)=O)c1cccc(Br)c1. The molecular formula is C16H23BrN4O3. The normalized spacial score (nSPS) is 12.2. The minimum absolute atomic E-state index is 0.0256. The van der Waals surface area contributed by atoms with Gasteiger partial charge in [0.25, 0.3) is 0 Å². The zero-order chi connectivity index (χ0) is 18.3. The van der Waals surface area contributed by atoms with E-state index in [0.29, 0.717) is 0 Å². The molecule has 8 heteroatoms. The minimum Gasteiger partial charge on any atom is -0.352 e. The van der Waals surface area contributed by atoms with Crippen LogP contribution in [0.15, 0.2) is 28.7 Å². The summed E-state index contributed by atoms with van der Waals surface area (Å²) in [7, 11) is 0. The first-order valence-electron chi connectivity index (χ1n) is 7.46. The largest absolute Gasteiger partial charge is 0.352 e. The van der Waals surface area contributed by atoms with Crippen molar-refractivity contribution in [3.8, 4) is 0 Å². The number of amides is 4. The van der Waals surface area contributed by atoms with Gasteiger partial charge in [-0.25, -0.2) is 4.79 Å². The molecule has 0 heterocycles. The fraction of sp³-hybridized carbons (Fsp3) is 0.438. The minimum atomic E-state index is -0.724. The summed E-state index contributed by atoms with van der Waals surface area (Å²) in [5, 5.41) is 7.82. The summed E-state index contributed by atoms with van der Waals surface area (Å²) in [6, 6.07) is 5.90. The Morgan fingerprint density at radius 1 is 1.21 bits per heavy atom. The van der Waals surface area contributed by atoms with E-state index in [2.05, 4.69) is 31.9 Å². The van der Waals surface area contributed by atoms with Gasteiger partial charge in [0, 0.05) is 10.0 Å². The highest BCUT2D eigenvalue weighted by molar-refractivity contribution is 9.10. The third-order valence-corrected chi connectivity index (χ3v) is 3.41. The van der Waals surface area contributed by atoms with E-state index < -0.39 is 12.1 Å². The Hall–Kier alpha value is -2.09. The Kier molecular flexibility index (Phi) is 7.21. The van der Waals surface area contributed by atoms with Crippen molar-refractivity contribution in [1.82, 2.24) is 16.0 Å². The van der Waals surface area contributed by atoms with Crippen LogP contribution in [0.1, 0.15) is 38.8 Å². The number of nitrogens with one attached hydrogen (secondary N) is 3. The maximum atomic E-state index is 12.1. The van der Waals surface area contributed by atoms with Crippen LogP contribution in [-0.4, -0.2) is 29.9 Å². The maximum Gasteiger partial charge on any atom is 0.312 e. The van der Waals surface area contributed by atoms with E-state index in [1.807, 2.05) is 26.8 Å². The summed E-state index contributed by atoms with van der Waals surface area (Å²) >= 11 is 3.34. The van der Waals surface area contributed by atoms with E-state index in [1.165, 1.54) is 0 Å². The van der Waals surface area contributed by atoms with Crippen LogP contribution in [0.5, 0.6) is 0 Å². The lowest BCUT2D eigenvalue weighted by Crippen LogP contribution is -2.46. The second kappa shape index (κ2) is 8.68. The van der Waals surface area contributed by atoms with Crippen molar-refractivity contribution in [3.63, 3.8) is 0 Å². The molecule has 132 valence electrons. The number of hydrogen-bond donors (Lipinski definition) is 4. The molecule has 0 saturated carbocycles. The molecule has 1 unspecified atom stereocenters. The molecule has 1 rings (SSSR count). The van der Waals surface area contributed by atoms with E-state index in [1.54, 1.807) is 18.2 Å². The summed E-state index contributed by atoms with van der Waals surface area (Å²) in [5.74, 6) is -0.643. The van der Waals surface area contributed by atoms with Gasteiger partial charge in [-0.3, -0.25) is 9.59 Å². The van der Waals surface area contributed by atoms with Gasteiger partial charge in [0.05, 0.1) is 19.0 Å². The first kappa shape index (κ1) is 20.0. The number of urea groups is 1. The van der Waals surface area contributed by atoms with Gasteiger partial charge in [0.2, 0.25) is 11.8 Å². The lowest BCUT2D eigenvalue weighted by Gasteiger charge is -2.21. The number of halogens is 1. The zero-order valence-electron chi connectivity index (χ0n) is 14.0. The molecule has 1 aromatic rings. The smallest absolute Gasteiger partial charge is 0.312 e. The summed E-state index contributed by atoms with van der Waals surface area (Å²) in [6.07, 6.45) is -0.0256. The Labute approximate surface area is 149 Å². The van der Waals surface area contributed by atoms with Crippen molar-refractivity contribution in [2.24, 2.45) is 5.73 Å². The standard InChI is InChI=1S/C16H23BrN4O3/c1-16(2,3)21-14(23)9-19-13(22)8-12(20-15(18)24)10-5-4-6-11(17)7-10/h4-7,12H,8-9H2,1-3H3,(H,19,22)(H,21,23)(H3,18,20,24). The Bertz CT molecular complexity index is 614. The van der Waals surface area contributed by atoms with E-state index in [9.17, 15) is 14.4 Å². The topological polar surface area (TPSA) is 113 Å². The van der Waals surface area contributed by atoms with Gasteiger partial charge in [-0.1, -0.05) is 28.1 Å². The quantitative estimate of drug-likeness (QED) is 0.583. The van der Waals surface area contributed by atoms with Crippen LogP contribution in [0.3, 0.4) is 0 Å². The molecule has 0 aromatic heterocycles. The zero-order valence-corrected chi connectivity index (χ0v) is 15.6. The highest BCUT2D eigenvalue weighted by Crippen LogP contribution is 2.20. The molecule has 0 aliphatic heterocycles. The third kappa shape index (κ3) is 7.96. The van der Waals surface area contributed by atoms with Gasteiger partial charge in [0.1, 0.15) is 0 Å². The molecular weight excluding hydrogens is 376 g/mol. The van der Waals surface area contributed by atoms with Gasteiger partial charge >= 0.3 is 6.03 Å². The Morgan fingerprint density at radius 2 is 1.88 bits per heavy atom. The van der Waals surface area contributed by atoms with Crippen molar-refractivity contribution >= 4 is 33.8 Å². The molecule has 0 saturated heterocycles. The monoisotopic (exact) mass is 398 g/mol. The Balaban J connectivity index is 2.65. The van der Waals surface area contributed by atoms with Crippen molar-refractivity contribution in [3.05, 3.63) is 34.3 Å². The predicted molar refractivity (Wildman–Crippen MR) is 95.1 cm³/mol. The van der Waals surface area contributed by atoms with Crippen molar-refractivity contribution in [2.75, 3.05) is 6.54 Å². The number of carbonyl (C=O) groups is 3. The van der Waals surface area contributed by atoms with Crippen molar-refractivity contribution in [1.29, 1.82) is 0 Å². The average Bonchev–Trinajstić information content (AvgIpc) is 2.42. The van der Waals surface area contributed by atoms with Crippen molar-refractivity contribution < 1.29 is 14.4 Å². The van der Waals surface area contributed by atoms with Gasteiger partial charge in [0.15, 0.2) is 0 Å². The highest BCUT2D eigenvalue weighted by Gasteiger charge is 2.19. The number of hydrogen-bond acceptors (Lipinski definition) is 3. The van der Waals surface area contributed by atoms with Crippen LogP contribution >= 0.6 is 15.9 Å². The van der Waals surface area contributed by atoms with Crippen LogP contribution in [-0.2, 0) is 9.59 Å². The second-order valence-electron chi connectivity index (χ2n) is 6.40. The first-order chi connectivity index (χ1) is 11.1. The predicted octanol–water partition coefficient (Wildman–Crippen LogP) is 1.58. The molecule has 0 spiro atoms. The molecule has 0 fully saturated rings. The number of primary amides is 1. The molecule has 5 N–H and O–H groups in total. The maximum absolute atomic E-state index is 12.1. The molecule has 1 atom stereocenters. The number of nitrogens with two attached hydrogens (primary N) is 1. The molecule has 0 bridgehead atoms. The Morgan fingerprint density at radius 3 is 2.42 bits per heavy atom. The average molecular weight is 399 g/mol. The summed E-state index contributed by atoms with van der Waals surface area (Å²) in [5.41, 5.74) is 5.55. The molecule has 0 aliphatic carbocycles. The molecule has 4 amide bonds. The lowest BCUT2D eigenvalue weighted by atomic mass is 10.0. The molecule has 7 nitrogen and oxygen atoms in total. The van der Waals surface area contributed by atoms with Crippen LogP contribution in [0.4, 0.5) is 4.79 Å². The van der Waals surface area contributed by atoms with Crippen LogP contribution < -0.4 is 21.7 Å². The van der Waals surface area contributed by atoms with E-state index in [4.69, 9.17) is 5.73 Å². The fourth-order valence-corrected chi connectivity index (χ4v) is 2.46. The third-order valence-electron chi connectivity index (χ3n) is 2.92. The number of rotatable bonds is 6. The summed E-state index contributed by atoms with van der Waals surface area (Å²) < 4.78 is 0.821. The highest BCUT2D eigenvalue weighted by atomic mass is 79.9. The van der Waals surface area contributed by atoms with Crippen LogP contribution in [0, 0.1) is 0 Å². The fourth-order valence-electron chi connectivity index (χ4n) is 2.05. The van der Waals surface area contributed by atoms with Gasteiger partial charge in [-0.15, -0.1) is 0 Å². The number of benzene rings is 1. The molecule has 24 heavy (non-hydrogen) atoms. The second-order valence-corrected chi connectivity index (χ2v) is 7.31. The lowest BCUT2D eigenvalue weighted by molar-refractivity contribution is -0.127. The molecule has 1 aromatic carbocycles. The van der Waals surface area contributed by atoms with Crippen LogP contribution in [0.25, 0.3) is 0 Å². The van der Waals surface area contributed by atoms with Gasteiger partial charge in [-0.2, -0.15) is 0 Å². The first-order valence-corrected chi connectivity index (χ1v) is 8.25. The van der Waals surface area contributed by atoms with E-state index in [-0.39, 0.29) is 30.3 Å². The van der Waals surface area contributed by atoms with Gasteiger partial charge < -0.3 is 21.7 Å². The van der Waals surface area contributed by atoms with E-state index in [0.717, 1.165) is 10.0 Å². The molecule has 0 radical (unpaired) electrons. The van der Waals surface area contributed by atoms with Crippen molar-refractivity contribution in [2.45, 2.75) is 38.8 Å².